The number of nitrogens with one attached hydrogen (secondary N) is 2. The molecule has 0 bridgehead atoms. The van der Waals surface area contributed by atoms with Gasteiger partial charge in [-0.15, -0.1) is 0 Å². The van der Waals surface area contributed by atoms with Crippen LogP contribution in [0.2, 0.25) is 0 Å². The van der Waals surface area contributed by atoms with E-state index in [9.17, 15) is 0 Å². The van der Waals surface area contributed by atoms with Crippen LogP contribution in [0.5, 0.6) is 0 Å². The number of anilines is 1. The van der Waals surface area contributed by atoms with Crippen molar-refractivity contribution in [2.45, 2.75) is 72.0 Å². The lowest BCUT2D eigenvalue weighted by molar-refractivity contribution is 0.514. The van der Waals surface area contributed by atoms with E-state index in [1.54, 1.807) is 0 Å². The van der Waals surface area contributed by atoms with Crippen molar-refractivity contribution in [2.75, 3.05) is 11.9 Å². The molecule has 1 aliphatic rings. The molecular weight excluding hydrogens is 236 g/mol. The Morgan fingerprint density at radius 1 is 1.37 bits per heavy atom. The van der Waals surface area contributed by atoms with Crippen molar-refractivity contribution in [3.05, 3.63) is 11.4 Å². The van der Waals surface area contributed by atoms with E-state index in [4.69, 9.17) is 0 Å². The largest absolute Gasteiger partial charge is 0.380 e. The van der Waals surface area contributed by atoms with Gasteiger partial charge in [-0.2, -0.15) is 5.10 Å². The van der Waals surface area contributed by atoms with E-state index in [0.717, 1.165) is 5.69 Å². The molecule has 108 valence electrons. The Hall–Kier alpha value is -1.03. The van der Waals surface area contributed by atoms with E-state index in [-0.39, 0.29) is 0 Å². The summed E-state index contributed by atoms with van der Waals surface area (Å²) in [5, 5.41) is 11.9. The van der Waals surface area contributed by atoms with E-state index >= 15 is 0 Å². The zero-order valence-electron chi connectivity index (χ0n) is 13.0. The molecule has 0 aromatic carbocycles. The van der Waals surface area contributed by atoms with Gasteiger partial charge in [0, 0.05) is 18.1 Å². The Labute approximate surface area is 117 Å². The maximum Gasteiger partial charge on any atom is 0.0828 e. The third-order valence-electron chi connectivity index (χ3n) is 4.01. The topological polar surface area (TPSA) is 41.9 Å². The fourth-order valence-corrected chi connectivity index (χ4v) is 3.06. The van der Waals surface area contributed by atoms with Gasteiger partial charge in [0.2, 0.25) is 0 Å². The summed E-state index contributed by atoms with van der Waals surface area (Å²) in [5.41, 5.74) is 3.58. The second-order valence-corrected chi connectivity index (χ2v) is 6.16. The zero-order valence-corrected chi connectivity index (χ0v) is 13.0. The average Bonchev–Trinajstić information content (AvgIpc) is 2.92. The number of aromatic nitrogens is 2. The standard InChI is InChI=1S/C15H28N4/c1-10(2)19-13(5)15(12(4)18-19)17-11(3)9-14-7-6-8-16-14/h10-11,14,16-17H,6-9H2,1-5H3. The minimum Gasteiger partial charge on any atom is -0.380 e. The van der Waals surface area contributed by atoms with E-state index in [0.29, 0.717) is 18.1 Å². The molecule has 1 aromatic rings. The van der Waals surface area contributed by atoms with Crippen molar-refractivity contribution in [2.24, 2.45) is 0 Å². The van der Waals surface area contributed by atoms with Gasteiger partial charge in [-0.3, -0.25) is 4.68 Å². The third-order valence-corrected chi connectivity index (χ3v) is 4.01. The summed E-state index contributed by atoms with van der Waals surface area (Å²) in [6.45, 7) is 12.0. The fraction of sp³-hybridized carbons (Fsp3) is 0.800. The monoisotopic (exact) mass is 264 g/mol. The van der Waals surface area contributed by atoms with Gasteiger partial charge in [0.05, 0.1) is 17.1 Å². The van der Waals surface area contributed by atoms with Crippen LogP contribution in [0.3, 0.4) is 0 Å². The zero-order chi connectivity index (χ0) is 14.0. The van der Waals surface area contributed by atoms with Crippen molar-refractivity contribution < 1.29 is 0 Å². The molecular formula is C15H28N4. The molecule has 2 unspecified atom stereocenters. The first-order chi connectivity index (χ1) is 8.99. The highest BCUT2D eigenvalue weighted by Crippen LogP contribution is 2.24. The minimum atomic E-state index is 0.418. The van der Waals surface area contributed by atoms with Gasteiger partial charge in [0.15, 0.2) is 0 Å². The van der Waals surface area contributed by atoms with Crippen LogP contribution in [0.15, 0.2) is 0 Å². The Kier molecular flexibility index (Phi) is 4.50. The van der Waals surface area contributed by atoms with Gasteiger partial charge in [-0.05, 0) is 60.4 Å². The first kappa shape index (κ1) is 14.4. The Morgan fingerprint density at radius 2 is 2.11 bits per heavy atom. The molecule has 0 radical (unpaired) electrons. The molecule has 2 rings (SSSR count). The molecule has 0 saturated carbocycles. The van der Waals surface area contributed by atoms with Gasteiger partial charge in [-0.1, -0.05) is 0 Å². The second-order valence-electron chi connectivity index (χ2n) is 6.16. The van der Waals surface area contributed by atoms with Crippen molar-refractivity contribution >= 4 is 5.69 Å². The van der Waals surface area contributed by atoms with Gasteiger partial charge in [0.1, 0.15) is 0 Å². The fourth-order valence-electron chi connectivity index (χ4n) is 3.06. The predicted octanol–water partition coefficient (Wildman–Crippen LogP) is 3.02. The average molecular weight is 264 g/mol. The maximum absolute atomic E-state index is 4.63. The number of nitrogens with zero attached hydrogens (tertiary/aromatic N) is 2. The summed E-state index contributed by atoms with van der Waals surface area (Å²) in [6.07, 6.45) is 3.82. The van der Waals surface area contributed by atoms with Crippen molar-refractivity contribution in [1.82, 2.24) is 15.1 Å². The van der Waals surface area contributed by atoms with E-state index in [2.05, 4.69) is 55.0 Å². The van der Waals surface area contributed by atoms with Crippen LogP contribution in [0.25, 0.3) is 0 Å². The minimum absolute atomic E-state index is 0.418. The van der Waals surface area contributed by atoms with E-state index < -0.39 is 0 Å². The number of aryl methyl sites for hydroxylation is 1. The molecule has 0 aliphatic carbocycles. The van der Waals surface area contributed by atoms with Crippen LogP contribution in [0.4, 0.5) is 5.69 Å². The Bertz CT molecular complexity index is 416. The van der Waals surface area contributed by atoms with Gasteiger partial charge in [-0.25, -0.2) is 0 Å². The van der Waals surface area contributed by atoms with Crippen LogP contribution in [-0.2, 0) is 0 Å². The molecule has 2 atom stereocenters. The van der Waals surface area contributed by atoms with Crippen LogP contribution < -0.4 is 10.6 Å². The number of hydrogen-bond donors (Lipinski definition) is 2. The highest BCUT2D eigenvalue weighted by molar-refractivity contribution is 5.52. The van der Waals surface area contributed by atoms with Crippen LogP contribution in [0, 0.1) is 13.8 Å². The Balaban J connectivity index is 2.01. The molecule has 0 amide bonds. The first-order valence-electron chi connectivity index (χ1n) is 7.54. The molecule has 1 aromatic heterocycles. The lowest BCUT2D eigenvalue weighted by atomic mass is 10.1. The summed E-state index contributed by atoms with van der Waals surface area (Å²) in [6, 6.07) is 1.59. The normalized spacial score (nSPS) is 21.1. The molecule has 2 N–H and O–H groups in total. The molecule has 19 heavy (non-hydrogen) atoms. The maximum atomic E-state index is 4.63. The number of hydrogen-bond acceptors (Lipinski definition) is 3. The summed E-state index contributed by atoms with van der Waals surface area (Å²) in [5.74, 6) is 0. The molecule has 1 aliphatic heterocycles. The molecule has 0 spiro atoms. The van der Waals surface area contributed by atoms with E-state index in [1.807, 2.05) is 0 Å². The lowest BCUT2D eigenvalue weighted by Gasteiger charge is -2.19. The summed E-state index contributed by atoms with van der Waals surface area (Å²) < 4.78 is 2.11. The first-order valence-corrected chi connectivity index (χ1v) is 7.54. The van der Waals surface area contributed by atoms with Crippen LogP contribution in [0.1, 0.15) is 57.5 Å². The van der Waals surface area contributed by atoms with Gasteiger partial charge < -0.3 is 10.6 Å². The van der Waals surface area contributed by atoms with Crippen molar-refractivity contribution in [3.8, 4) is 0 Å². The number of rotatable bonds is 5. The third kappa shape index (κ3) is 3.30. The van der Waals surface area contributed by atoms with Gasteiger partial charge in [0.25, 0.3) is 0 Å². The van der Waals surface area contributed by atoms with Gasteiger partial charge >= 0.3 is 0 Å². The molecule has 1 saturated heterocycles. The summed E-state index contributed by atoms with van der Waals surface area (Å²) >= 11 is 0. The smallest absolute Gasteiger partial charge is 0.0828 e. The molecule has 2 heterocycles. The highest BCUT2D eigenvalue weighted by Gasteiger charge is 2.19. The lowest BCUT2D eigenvalue weighted by Crippen LogP contribution is -2.29. The quantitative estimate of drug-likeness (QED) is 0.859. The van der Waals surface area contributed by atoms with E-state index in [1.165, 1.54) is 37.2 Å². The molecule has 4 heteroatoms. The van der Waals surface area contributed by atoms with Crippen LogP contribution in [-0.4, -0.2) is 28.4 Å². The predicted molar refractivity (Wildman–Crippen MR) is 80.8 cm³/mol. The molecule has 1 fully saturated rings. The van der Waals surface area contributed by atoms with Crippen molar-refractivity contribution in [3.63, 3.8) is 0 Å². The summed E-state index contributed by atoms with van der Waals surface area (Å²) in [4.78, 5) is 0. The summed E-state index contributed by atoms with van der Waals surface area (Å²) in [7, 11) is 0. The Morgan fingerprint density at radius 3 is 2.63 bits per heavy atom. The second kappa shape index (κ2) is 5.95. The highest BCUT2D eigenvalue weighted by atomic mass is 15.3. The van der Waals surface area contributed by atoms with Crippen LogP contribution >= 0.6 is 0 Å². The SMILES string of the molecule is Cc1nn(C(C)C)c(C)c1NC(C)CC1CCCN1. The van der Waals surface area contributed by atoms with Crippen molar-refractivity contribution in [1.29, 1.82) is 0 Å². The molecule has 4 nitrogen and oxygen atoms in total.